The molecule has 6 nitrogen and oxygen atoms in total. The largest absolute Gasteiger partial charge is 0.465 e. The van der Waals surface area contributed by atoms with Gasteiger partial charge in [0.1, 0.15) is 0 Å². The summed E-state index contributed by atoms with van der Waals surface area (Å²) in [4.78, 5) is 32.6. The Morgan fingerprint density at radius 2 is 0.971 bits per heavy atom. The predicted octanol–water partition coefficient (Wildman–Crippen LogP) is 6.84. The highest BCUT2D eigenvalue weighted by Crippen LogP contribution is 2.45. The molecule has 2 N–H and O–H groups in total. The molecule has 0 radical (unpaired) electrons. The summed E-state index contributed by atoms with van der Waals surface area (Å²) in [5.74, 6) is -1.05. The molecule has 0 aliphatic carbocycles. The van der Waals surface area contributed by atoms with Crippen LogP contribution in [0.5, 0.6) is 0 Å². The second-order valence-electron chi connectivity index (χ2n) is 7.75. The monoisotopic (exact) mass is 496 g/mol. The maximum Gasteiger partial charge on any atom is 0.340 e. The fourth-order valence-electron chi connectivity index (χ4n) is 4.13. The van der Waals surface area contributed by atoms with Gasteiger partial charge in [0.15, 0.2) is 0 Å². The number of H-pyrrole nitrogens is 2. The molecule has 8 heteroatoms. The number of carbonyl (C=O) groups excluding carboxylic acids is 2. The summed E-state index contributed by atoms with van der Waals surface area (Å²) in [6.45, 7) is 3.57. The van der Waals surface area contributed by atoms with Crippen LogP contribution in [-0.2, 0) is 9.47 Å². The van der Waals surface area contributed by atoms with Crippen LogP contribution in [0.2, 0.25) is 10.0 Å². The van der Waals surface area contributed by atoms with E-state index in [2.05, 4.69) is 9.97 Å². The zero-order chi connectivity index (χ0) is 24.6. The van der Waals surface area contributed by atoms with Crippen LogP contribution in [-0.4, -0.2) is 36.1 Å². The maximum atomic E-state index is 13.0. The third-order valence-electron chi connectivity index (χ3n) is 5.67. The first-order valence-corrected chi connectivity index (χ1v) is 11.2. The van der Waals surface area contributed by atoms with E-state index >= 15 is 0 Å². The van der Waals surface area contributed by atoms with Crippen LogP contribution in [0.4, 0.5) is 0 Å². The van der Waals surface area contributed by atoms with Crippen molar-refractivity contribution in [3.05, 3.63) is 81.1 Å². The number of hydrogen-bond donors (Lipinski definition) is 2. The highest BCUT2D eigenvalue weighted by molar-refractivity contribution is 6.31. The number of ether oxygens (including phenoxy) is 2. The lowest BCUT2D eigenvalue weighted by molar-refractivity contribution is 0.0589. The standard InChI is InChI=1S/C26H22Cl2N2O4/c1-13-19(25(31)33-3)21(23(29-13)15-5-9-17(27)10-6-15)22-20(26(32)34-4)14(2)30-24(22)16-7-11-18(28)12-8-16/h5-12,29-30H,1-4H3. The SMILES string of the molecule is COC(=O)c1c(C)[nH]c(-c2ccc(Cl)cc2)c1-c1c(-c2ccc(Cl)cc2)[nH]c(C)c1C(=O)OC. The molecule has 0 aliphatic heterocycles. The van der Waals surface area contributed by atoms with Crippen LogP contribution in [0.1, 0.15) is 32.1 Å². The molecule has 0 saturated heterocycles. The number of methoxy groups -OCH3 is 2. The normalized spacial score (nSPS) is 10.9. The van der Waals surface area contributed by atoms with Crippen molar-refractivity contribution in [2.75, 3.05) is 14.2 Å². The van der Waals surface area contributed by atoms with E-state index in [4.69, 9.17) is 32.7 Å². The van der Waals surface area contributed by atoms with Crippen molar-refractivity contribution in [2.45, 2.75) is 13.8 Å². The number of nitrogens with one attached hydrogen (secondary N) is 2. The van der Waals surface area contributed by atoms with Crippen molar-refractivity contribution >= 4 is 35.1 Å². The molecule has 0 aliphatic rings. The van der Waals surface area contributed by atoms with E-state index in [0.29, 0.717) is 55.1 Å². The molecule has 34 heavy (non-hydrogen) atoms. The van der Waals surface area contributed by atoms with Crippen LogP contribution >= 0.6 is 23.2 Å². The molecule has 0 saturated carbocycles. The molecule has 0 amide bonds. The third-order valence-corrected chi connectivity index (χ3v) is 6.17. The Kier molecular flexibility index (Phi) is 6.55. The van der Waals surface area contributed by atoms with Crippen LogP contribution in [0.3, 0.4) is 0 Å². The highest BCUT2D eigenvalue weighted by atomic mass is 35.5. The highest BCUT2D eigenvalue weighted by Gasteiger charge is 2.32. The van der Waals surface area contributed by atoms with E-state index in [1.807, 2.05) is 24.3 Å². The summed E-state index contributed by atoms with van der Waals surface area (Å²) in [7, 11) is 2.65. The van der Waals surface area contributed by atoms with E-state index in [9.17, 15) is 9.59 Å². The van der Waals surface area contributed by atoms with E-state index in [0.717, 1.165) is 11.1 Å². The summed E-state index contributed by atoms with van der Waals surface area (Å²) in [5, 5.41) is 1.16. The van der Waals surface area contributed by atoms with Crippen LogP contribution in [0.15, 0.2) is 48.5 Å². The van der Waals surface area contributed by atoms with Crippen molar-refractivity contribution in [3.8, 4) is 33.6 Å². The van der Waals surface area contributed by atoms with E-state index < -0.39 is 11.9 Å². The van der Waals surface area contributed by atoms with Gasteiger partial charge < -0.3 is 19.4 Å². The molecule has 0 atom stereocenters. The van der Waals surface area contributed by atoms with Gasteiger partial charge in [-0.05, 0) is 49.2 Å². The van der Waals surface area contributed by atoms with Crippen molar-refractivity contribution in [2.24, 2.45) is 0 Å². The smallest absolute Gasteiger partial charge is 0.340 e. The van der Waals surface area contributed by atoms with Crippen molar-refractivity contribution in [1.82, 2.24) is 9.97 Å². The van der Waals surface area contributed by atoms with Gasteiger partial charge in [0, 0.05) is 32.6 Å². The number of hydrogen-bond acceptors (Lipinski definition) is 4. The molecule has 2 aromatic carbocycles. The molecule has 4 aromatic rings. The topological polar surface area (TPSA) is 84.2 Å². The molecule has 0 spiro atoms. The van der Waals surface area contributed by atoms with Crippen molar-refractivity contribution in [1.29, 1.82) is 0 Å². The lowest BCUT2D eigenvalue weighted by atomic mass is 9.91. The number of esters is 2. The van der Waals surface area contributed by atoms with Gasteiger partial charge in [-0.15, -0.1) is 0 Å². The van der Waals surface area contributed by atoms with E-state index in [-0.39, 0.29) is 0 Å². The fraction of sp³-hybridized carbons (Fsp3) is 0.154. The number of aryl methyl sites for hydroxylation is 2. The van der Waals surface area contributed by atoms with Crippen LogP contribution in [0.25, 0.3) is 33.6 Å². The van der Waals surface area contributed by atoms with Crippen LogP contribution < -0.4 is 0 Å². The Labute approximate surface area is 206 Å². The third kappa shape index (κ3) is 4.11. The lowest BCUT2D eigenvalue weighted by Gasteiger charge is -2.12. The Balaban J connectivity index is 2.14. The Hall–Kier alpha value is -3.48. The summed E-state index contributed by atoms with van der Waals surface area (Å²) >= 11 is 12.2. The molecule has 2 aromatic heterocycles. The van der Waals surface area contributed by atoms with Gasteiger partial charge in [0.05, 0.1) is 36.7 Å². The molecular weight excluding hydrogens is 475 g/mol. The second kappa shape index (κ2) is 9.41. The van der Waals surface area contributed by atoms with E-state index in [1.54, 1.807) is 38.1 Å². The molecule has 0 unspecified atom stereocenters. The quantitative estimate of drug-likeness (QED) is 0.296. The van der Waals surface area contributed by atoms with Gasteiger partial charge in [-0.1, -0.05) is 47.5 Å². The molecule has 0 fully saturated rings. The first-order chi connectivity index (χ1) is 16.3. The zero-order valence-corrected chi connectivity index (χ0v) is 20.5. The first kappa shape index (κ1) is 23.7. The molecule has 4 rings (SSSR count). The number of benzene rings is 2. The molecular formula is C26H22Cl2N2O4. The average molecular weight is 497 g/mol. The summed E-state index contributed by atoms with van der Waals surface area (Å²) in [6.07, 6.45) is 0. The lowest BCUT2D eigenvalue weighted by Crippen LogP contribution is -2.07. The zero-order valence-electron chi connectivity index (χ0n) is 19.0. The number of carbonyl (C=O) groups is 2. The Morgan fingerprint density at radius 1 is 0.647 bits per heavy atom. The number of aromatic nitrogens is 2. The summed E-state index contributed by atoms with van der Waals surface area (Å²) in [6, 6.07) is 14.4. The van der Waals surface area contributed by atoms with Gasteiger partial charge in [0.25, 0.3) is 0 Å². The minimum atomic E-state index is -0.527. The van der Waals surface area contributed by atoms with Gasteiger partial charge in [0.2, 0.25) is 0 Å². The first-order valence-electron chi connectivity index (χ1n) is 10.4. The minimum Gasteiger partial charge on any atom is -0.465 e. The Morgan fingerprint density at radius 3 is 1.26 bits per heavy atom. The number of rotatable bonds is 5. The van der Waals surface area contributed by atoms with Crippen molar-refractivity contribution < 1.29 is 19.1 Å². The number of halogens is 2. The van der Waals surface area contributed by atoms with Crippen LogP contribution in [0, 0.1) is 13.8 Å². The Bertz CT molecular complexity index is 1280. The molecule has 174 valence electrons. The second-order valence-corrected chi connectivity index (χ2v) is 8.62. The molecule has 2 heterocycles. The average Bonchev–Trinajstić information content (AvgIpc) is 3.35. The van der Waals surface area contributed by atoms with Gasteiger partial charge in [-0.25, -0.2) is 9.59 Å². The van der Waals surface area contributed by atoms with Gasteiger partial charge >= 0.3 is 11.9 Å². The van der Waals surface area contributed by atoms with Gasteiger partial charge in [-0.2, -0.15) is 0 Å². The number of aromatic amines is 2. The fourth-order valence-corrected chi connectivity index (χ4v) is 4.38. The summed E-state index contributed by atoms with van der Waals surface area (Å²) < 4.78 is 10.2. The maximum absolute atomic E-state index is 13.0. The predicted molar refractivity (Wildman–Crippen MR) is 134 cm³/mol. The van der Waals surface area contributed by atoms with Gasteiger partial charge in [-0.3, -0.25) is 0 Å². The molecule has 0 bridgehead atoms. The van der Waals surface area contributed by atoms with E-state index in [1.165, 1.54) is 14.2 Å². The minimum absolute atomic E-state index is 0.326. The van der Waals surface area contributed by atoms with Crippen molar-refractivity contribution in [3.63, 3.8) is 0 Å². The summed E-state index contributed by atoms with van der Waals surface area (Å²) in [5.41, 5.74) is 5.78.